The molecule has 0 aliphatic heterocycles. The van der Waals surface area contributed by atoms with Crippen LogP contribution < -0.4 is 10.6 Å². The van der Waals surface area contributed by atoms with Crippen LogP contribution in [0.5, 0.6) is 0 Å². The summed E-state index contributed by atoms with van der Waals surface area (Å²) >= 11 is 1.63. The zero-order valence-electron chi connectivity index (χ0n) is 9.81. The fourth-order valence-electron chi connectivity index (χ4n) is 1.53. The second-order valence-corrected chi connectivity index (χ2v) is 4.37. The van der Waals surface area contributed by atoms with Gasteiger partial charge in [0.15, 0.2) is 0 Å². The predicted octanol–water partition coefficient (Wildman–Crippen LogP) is 2.62. The topological polar surface area (TPSA) is 49.8 Å². The molecule has 2 rings (SSSR count). The van der Waals surface area contributed by atoms with E-state index in [4.69, 9.17) is 0 Å². The van der Waals surface area contributed by atoms with Gasteiger partial charge in [-0.2, -0.15) is 0 Å². The average molecular weight is 248 g/mol. The molecule has 0 spiro atoms. The van der Waals surface area contributed by atoms with Gasteiger partial charge in [0.25, 0.3) is 0 Å². The third-order valence-corrected chi connectivity index (χ3v) is 2.95. The van der Waals surface area contributed by atoms with E-state index in [1.165, 1.54) is 0 Å². The maximum absolute atomic E-state index is 4.24. The van der Waals surface area contributed by atoms with Crippen molar-refractivity contribution in [1.82, 2.24) is 9.97 Å². The molecule has 2 aromatic heterocycles. The van der Waals surface area contributed by atoms with Crippen LogP contribution in [0.15, 0.2) is 29.4 Å². The van der Waals surface area contributed by atoms with E-state index in [9.17, 15) is 0 Å². The van der Waals surface area contributed by atoms with Gasteiger partial charge in [-0.25, -0.2) is 4.98 Å². The van der Waals surface area contributed by atoms with Gasteiger partial charge in [0.2, 0.25) is 0 Å². The smallest absolute Gasteiger partial charge is 0.0794 e. The fourth-order valence-corrected chi connectivity index (χ4v) is 2.13. The molecule has 2 heterocycles. The van der Waals surface area contributed by atoms with Gasteiger partial charge in [0.05, 0.1) is 35.0 Å². The lowest BCUT2D eigenvalue weighted by Crippen LogP contribution is -2.06. The highest BCUT2D eigenvalue weighted by molar-refractivity contribution is 7.07. The zero-order chi connectivity index (χ0) is 11.9. The Morgan fingerprint density at radius 3 is 2.76 bits per heavy atom. The predicted molar refractivity (Wildman–Crippen MR) is 72.7 cm³/mol. The summed E-state index contributed by atoms with van der Waals surface area (Å²) in [5.74, 6) is 0. The highest BCUT2D eigenvalue weighted by atomic mass is 32.1. The largest absolute Gasteiger partial charge is 0.384 e. The van der Waals surface area contributed by atoms with E-state index in [2.05, 4.69) is 39.0 Å². The Kier molecular flexibility index (Phi) is 4.32. The molecule has 4 nitrogen and oxygen atoms in total. The molecule has 0 aromatic carbocycles. The molecule has 0 unspecified atom stereocenters. The second-order valence-electron chi connectivity index (χ2n) is 3.65. The molecule has 17 heavy (non-hydrogen) atoms. The Labute approximate surface area is 105 Å². The van der Waals surface area contributed by atoms with E-state index in [1.54, 1.807) is 11.3 Å². The number of thiazole rings is 1. The van der Waals surface area contributed by atoms with Crippen LogP contribution in [-0.2, 0) is 6.42 Å². The molecule has 0 amide bonds. The zero-order valence-corrected chi connectivity index (χ0v) is 10.6. The van der Waals surface area contributed by atoms with Gasteiger partial charge < -0.3 is 10.6 Å². The van der Waals surface area contributed by atoms with Crippen LogP contribution in [-0.4, -0.2) is 23.1 Å². The van der Waals surface area contributed by atoms with Crippen LogP contribution >= 0.6 is 11.3 Å². The highest BCUT2D eigenvalue weighted by Gasteiger charge is 1.97. The minimum atomic E-state index is 0.876. The first-order valence-corrected chi connectivity index (χ1v) is 6.62. The number of aromatic nitrogens is 2. The van der Waals surface area contributed by atoms with Crippen molar-refractivity contribution in [3.05, 3.63) is 35.0 Å². The number of hydrogen-bond acceptors (Lipinski definition) is 5. The van der Waals surface area contributed by atoms with Crippen molar-refractivity contribution in [2.45, 2.75) is 13.3 Å². The van der Waals surface area contributed by atoms with Crippen molar-refractivity contribution < 1.29 is 0 Å². The van der Waals surface area contributed by atoms with Crippen molar-refractivity contribution in [3.8, 4) is 0 Å². The van der Waals surface area contributed by atoms with Crippen LogP contribution in [0.4, 0.5) is 11.4 Å². The van der Waals surface area contributed by atoms with E-state index in [0.29, 0.717) is 0 Å². The maximum atomic E-state index is 4.24. The first-order chi connectivity index (χ1) is 8.38. The summed E-state index contributed by atoms with van der Waals surface area (Å²) < 4.78 is 0. The Morgan fingerprint density at radius 1 is 1.24 bits per heavy atom. The Morgan fingerprint density at radius 2 is 2.06 bits per heavy atom. The van der Waals surface area contributed by atoms with Crippen LogP contribution in [0.2, 0.25) is 0 Å². The molecule has 0 fully saturated rings. The lowest BCUT2D eigenvalue weighted by atomic mass is 10.3. The lowest BCUT2D eigenvalue weighted by Gasteiger charge is -2.07. The maximum Gasteiger partial charge on any atom is 0.0794 e. The van der Waals surface area contributed by atoms with Gasteiger partial charge in [-0.05, 0) is 13.0 Å². The fraction of sp³-hybridized carbons (Fsp3) is 0.333. The number of anilines is 2. The van der Waals surface area contributed by atoms with Crippen molar-refractivity contribution in [1.29, 1.82) is 0 Å². The lowest BCUT2D eigenvalue weighted by molar-refractivity contribution is 0.975. The van der Waals surface area contributed by atoms with Crippen molar-refractivity contribution in [2.24, 2.45) is 0 Å². The van der Waals surface area contributed by atoms with Gasteiger partial charge >= 0.3 is 0 Å². The molecule has 0 bridgehead atoms. The number of rotatable bonds is 6. The number of pyridine rings is 1. The Balaban J connectivity index is 1.84. The quantitative estimate of drug-likeness (QED) is 0.825. The molecule has 5 heteroatoms. The number of nitrogens with zero attached hydrogens (tertiary/aromatic N) is 2. The first kappa shape index (κ1) is 11.9. The molecule has 0 radical (unpaired) electrons. The van der Waals surface area contributed by atoms with E-state index >= 15 is 0 Å². The molecule has 2 N–H and O–H groups in total. The van der Waals surface area contributed by atoms with Gasteiger partial charge in [0.1, 0.15) is 0 Å². The molecule has 0 saturated heterocycles. The highest BCUT2D eigenvalue weighted by Crippen LogP contribution is 2.12. The summed E-state index contributed by atoms with van der Waals surface area (Å²) in [5, 5.41) is 8.66. The third-order valence-electron chi connectivity index (χ3n) is 2.31. The molecular weight excluding hydrogens is 232 g/mol. The molecule has 2 aromatic rings. The molecule has 90 valence electrons. The monoisotopic (exact) mass is 248 g/mol. The van der Waals surface area contributed by atoms with E-state index < -0.39 is 0 Å². The number of nitrogens with one attached hydrogen (secondary N) is 2. The molecular formula is C12H16N4S. The van der Waals surface area contributed by atoms with Crippen LogP contribution in [0.1, 0.15) is 12.6 Å². The number of hydrogen-bond donors (Lipinski definition) is 2. The summed E-state index contributed by atoms with van der Waals surface area (Å²) in [7, 11) is 0. The average Bonchev–Trinajstić information content (AvgIpc) is 2.83. The molecule has 0 atom stereocenters. The minimum Gasteiger partial charge on any atom is -0.384 e. The Bertz CT molecular complexity index is 442. The van der Waals surface area contributed by atoms with Gasteiger partial charge in [-0.1, -0.05) is 0 Å². The first-order valence-electron chi connectivity index (χ1n) is 5.68. The van der Waals surface area contributed by atoms with Gasteiger partial charge in [-0.15, -0.1) is 11.3 Å². The summed E-state index contributed by atoms with van der Waals surface area (Å²) in [6.07, 6.45) is 4.60. The summed E-state index contributed by atoms with van der Waals surface area (Å²) in [6, 6.07) is 2.07. The van der Waals surface area contributed by atoms with Crippen molar-refractivity contribution in [2.75, 3.05) is 23.7 Å². The van der Waals surface area contributed by atoms with Crippen LogP contribution in [0.3, 0.4) is 0 Å². The summed E-state index contributed by atoms with van der Waals surface area (Å²) in [4.78, 5) is 8.43. The SMILES string of the molecule is CCNc1cncc(NCCc2cscn2)c1. The standard InChI is InChI=1S/C12H16N4S/c1-2-14-11-5-12(7-13-6-11)15-4-3-10-8-17-9-16-10/h5-9,14-15H,2-4H2,1H3. The van der Waals surface area contributed by atoms with Crippen molar-refractivity contribution >= 4 is 22.7 Å². The van der Waals surface area contributed by atoms with Gasteiger partial charge in [-0.3, -0.25) is 4.98 Å². The van der Waals surface area contributed by atoms with Crippen LogP contribution in [0.25, 0.3) is 0 Å². The molecule has 0 aliphatic carbocycles. The summed E-state index contributed by atoms with van der Waals surface area (Å²) in [6.45, 7) is 3.85. The summed E-state index contributed by atoms with van der Waals surface area (Å²) in [5.41, 5.74) is 5.09. The Hall–Kier alpha value is -1.62. The van der Waals surface area contributed by atoms with Crippen molar-refractivity contribution in [3.63, 3.8) is 0 Å². The second kappa shape index (κ2) is 6.20. The van der Waals surface area contributed by atoms with E-state index in [-0.39, 0.29) is 0 Å². The van der Waals surface area contributed by atoms with E-state index in [0.717, 1.165) is 36.6 Å². The normalized spacial score (nSPS) is 10.2. The molecule has 0 aliphatic rings. The minimum absolute atomic E-state index is 0.876. The molecule has 0 saturated carbocycles. The van der Waals surface area contributed by atoms with Crippen LogP contribution in [0, 0.1) is 0 Å². The van der Waals surface area contributed by atoms with E-state index in [1.807, 2.05) is 17.9 Å². The third kappa shape index (κ3) is 3.71. The van der Waals surface area contributed by atoms with Gasteiger partial charge in [0, 0.05) is 24.9 Å².